The highest BCUT2D eigenvalue weighted by molar-refractivity contribution is 6.74. The molecule has 4 heterocycles. The van der Waals surface area contributed by atoms with Crippen LogP contribution in [0.25, 0.3) is 5.65 Å². The number of piperidine rings is 1. The number of imidazole rings is 1. The molecular weight excluding hydrogens is 762 g/mol. The van der Waals surface area contributed by atoms with Crippen LogP contribution in [0, 0.1) is 22.7 Å². The number of carbonyl (C=O) groups excluding carboxylic acids is 1. The Kier molecular flexibility index (Phi) is 11.4. The number of nitrogens with one attached hydrogen (secondary N) is 3. The number of hydrogen-bond donors (Lipinski definition) is 3. The van der Waals surface area contributed by atoms with Crippen LogP contribution in [0.4, 0.5) is 22.2 Å². The lowest BCUT2D eigenvalue weighted by molar-refractivity contribution is 0.0280. The van der Waals surface area contributed by atoms with Crippen molar-refractivity contribution >= 4 is 49.1 Å². The van der Waals surface area contributed by atoms with Gasteiger partial charge in [-0.05, 0) is 73.8 Å². The monoisotopic (exact) mass is 811 g/mol. The van der Waals surface area contributed by atoms with Crippen LogP contribution in [-0.4, -0.2) is 97.5 Å². The third-order valence-corrected chi connectivity index (χ3v) is 16.5. The van der Waals surface area contributed by atoms with Crippen LogP contribution in [0.15, 0.2) is 42.6 Å². The fraction of sp³-hybridized carbons (Fsp3) is 0.500. The molecule has 17 heteroatoms. The number of fused-ring (bicyclic) bond motifs is 1. The number of benzene rings is 2. The zero-order valence-electron chi connectivity index (χ0n) is 33.4. The second-order valence-corrected chi connectivity index (χ2v) is 21.5. The highest BCUT2D eigenvalue weighted by Gasteiger charge is 2.51. The van der Waals surface area contributed by atoms with E-state index in [1.54, 1.807) is 24.1 Å². The quantitative estimate of drug-likeness (QED) is 0.149. The van der Waals surface area contributed by atoms with Crippen molar-refractivity contribution in [3.8, 4) is 17.9 Å². The van der Waals surface area contributed by atoms with Crippen molar-refractivity contribution in [3.63, 3.8) is 0 Å². The minimum atomic E-state index is -2.42. The highest BCUT2D eigenvalue weighted by Crippen LogP contribution is 2.45. The number of hydrogen-bond acceptors (Lipinski definition) is 12. The number of ether oxygens (including phenoxy) is 2. The van der Waals surface area contributed by atoms with Gasteiger partial charge >= 0.3 is 6.03 Å². The third-order valence-electron chi connectivity index (χ3n) is 11.6. The van der Waals surface area contributed by atoms with Crippen molar-refractivity contribution in [2.75, 3.05) is 56.7 Å². The highest BCUT2D eigenvalue weighted by atomic mass is 35.5. The number of aromatic nitrogens is 4. The molecule has 2 aromatic carbocycles. The predicted molar refractivity (Wildman–Crippen MR) is 219 cm³/mol. The first-order valence-electron chi connectivity index (χ1n) is 19.4. The molecule has 0 radical (unpaired) electrons. The maximum atomic E-state index is 14.2. The molecule has 0 spiro atoms. The van der Waals surface area contributed by atoms with Gasteiger partial charge in [-0.3, -0.25) is 0 Å². The number of amides is 2. The molecule has 2 amide bonds. The van der Waals surface area contributed by atoms with Crippen LogP contribution in [0.1, 0.15) is 62.4 Å². The Morgan fingerprint density at radius 1 is 1.16 bits per heavy atom. The second kappa shape index (κ2) is 16.1. The number of urea groups is 1. The largest absolute Gasteiger partial charge is 0.497 e. The molecule has 1 saturated carbocycles. The molecule has 2 aliphatic heterocycles. The molecule has 57 heavy (non-hydrogen) atoms. The Morgan fingerprint density at radius 3 is 2.54 bits per heavy atom. The minimum absolute atomic E-state index is 0.125. The molecule has 3 fully saturated rings. The molecule has 7 rings (SSSR count). The molecule has 2 atom stereocenters. The normalized spacial score (nSPS) is 20.1. The van der Waals surface area contributed by atoms with Crippen molar-refractivity contribution in [2.45, 2.75) is 82.4 Å². The van der Waals surface area contributed by atoms with E-state index >= 15 is 0 Å². The number of rotatable bonds is 11. The first-order chi connectivity index (χ1) is 27.3. The summed E-state index contributed by atoms with van der Waals surface area (Å²) in [5, 5.41) is 35.6. The zero-order valence-corrected chi connectivity index (χ0v) is 35.1. The van der Waals surface area contributed by atoms with E-state index in [1.165, 1.54) is 10.7 Å². The summed E-state index contributed by atoms with van der Waals surface area (Å²) in [4.78, 5) is 27.7. The van der Waals surface area contributed by atoms with Crippen molar-refractivity contribution in [2.24, 2.45) is 0 Å². The lowest BCUT2D eigenvalue weighted by Crippen LogP contribution is -2.66. The molecule has 3 N–H and O–H groups in total. The summed E-state index contributed by atoms with van der Waals surface area (Å²) in [6.45, 7) is 14.3. The van der Waals surface area contributed by atoms with Gasteiger partial charge in [-0.25, -0.2) is 9.78 Å². The van der Waals surface area contributed by atoms with Crippen molar-refractivity contribution < 1.29 is 18.7 Å². The van der Waals surface area contributed by atoms with E-state index < -0.39 is 20.0 Å². The summed E-state index contributed by atoms with van der Waals surface area (Å²) in [6, 6.07) is 15.8. The first kappa shape index (κ1) is 40.2. The maximum Gasteiger partial charge on any atom is 0.318 e. The van der Waals surface area contributed by atoms with E-state index in [0.717, 1.165) is 24.2 Å². The van der Waals surface area contributed by atoms with E-state index in [0.29, 0.717) is 80.6 Å². The van der Waals surface area contributed by atoms with Crippen molar-refractivity contribution in [3.05, 3.63) is 70.0 Å². The standard InChI is InChI=1S/C40H50ClN11O4Si/c1-39(2,3)57(5,6)56-33-24-44-14-13-40(33,48-38(53)50-15-17-55-18-16-50)31-19-27(21-42)20-32(34(31)41)46-37-47-36(35-45-23-29(22-43)52(35)49-37)51(28-9-10-28)25-26-7-11-30(54-4)12-8-26/h7-8,11-12,19-20,23,28,33,44H,9-10,13-18,24-25H2,1-6H3,(H,46,49)(H,48,53)/t33-,40-/m1/s1. The Hall–Kier alpha value is -4.97. The van der Waals surface area contributed by atoms with Crippen molar-refractivity contribution in [1.29, 1.82) is 10.5 Å². The van der Waals surface area contributed by atoms with Gasteiger partial charge in [0.05, 0.1) is 60.5 Å². The summed E-state index contributed by atoms with van der Waals surface area (Å²) < 4.78 is 19.6. The van der Waals surface area contributed by atoms with E-state index in [-0.39, 0.29) is 33.8 Å². The smallest absolute Gasteiger partial charge is 0.318 e. The summed E-state index contributed by atoms with van der Waals surface area (Å²) in [7, 11) is -0.778. The van der Waals surface area contributed by atoms with Gasteiger partial charge in [0, 0.05) is 37.8 Å². The Bertz CT molecular complexity index is 2200. The fourth-order valence-corrected chi connectivity index (χ4v) is 8.86. The molecule has 4 aromatic rings. The average molecular weight is 812 g/mol. The third kappa shape index (κ3) is 8.24. The Balaban J connectivity index is 1.33. The summed E-state index contributed by atoms with van der Waals surface area (Å²) in [5.74, 6) is 1.47. The number of anilines is 3. The van der Waals surface area contributed by atoms with Crippen LogP contribution in [0.3, 0.4) is 0 Å². The number of nitriles is 2. The van der Waals surface area contributed by atoms with E-state index in [9.17, 15) is 15.3 Å². The van der Waals surface area contributed by atoms with Gasteiger partial charge in [0.15, 0.2) is 25.5 Å². The van der Waals surface area contributed by atoms with Gasteiger partial charge in [-0.15, -0.1) is 5.10 Å². The summed E-state index contributed by atoms with van der Waals surface area (Å²) in [6.07, 6.45) is 3.37. The van der Waals surface area contributed by atoms with E-state index in [1.807, 2.05) is 24.3 Å². The first-order valence-corrected chi connectivity index (χ1v) is 22.7. The van der Waals surface area contributed by atoms with Crippen LogP contribution in [0.2, 0.25) is 23.2 Å². The topological polar surface area (TPSA) is 178 Å². The number of morpholine rings is 1. The van der Waals surface area contributed by atoms with Gasteiger partial charge in [-0.2, -0.15) is 20.0 Å². The van der Waals surface area contributed by atoms with Gasteiger partial charge in [0.1, 0.15) is 11.8 Å². The molecule has 2 saturated heterocycles. The predicted octanol–water partition coefficient (Wildman–Crippen LogP) is 6.06. The van der Waals surface area contributed by atoms with Gasteiger partial charge in [-0.1, -0.05) is 44.5 Å². The summed E-state index contributed by atoms with van der Waals surface area (Å²) in [5.41, 5.74) is 1.86. The lowest BCUT2D eigenvalue weighted by atomic mass is 9.78. The number of methoxy groups -OCH3 is 1. The van der Waals surface area contributed by atoms with Crippen LogP contribution in [0.5, 0.6) is 5.75 Å². The Morgan fingerprint density at radius 2 is 1.89 bits per heavy atom. The average Bonchev–Trinajstić information content (AvgIpc) is 3.96. The molecule has 1 aliphatic carbocycles. The molecule has 0 unspecified atom stereocenters. The second-order valence-electron chi connectivity index (χ2n) is 16.4. The van der Waals surface area contributed by atoms with Crippen molar-refractivity contribution in [1.82, 2.24) is 35.1 Å². The molecule has 300 valence electrons. The molecule has 3 aliphatic rings. The molecule has 15 nitrogen and oxygen atoms in total. The zero-order chi connectivity index (χ0) is 40.5. The fourth-order valence-electron chi connectivity index (χ4n) is 7.19. The van der Waals surface area contributed by atoms with Gasteiger partial charge in [0.2, 0.25) is 5.95 Å². The molecule has 0 bridgehead atoms. The molecule has 2 aromatic heterocycles. The van der Waals surface area contributed by atoms with Gasteiger partial charge in [0.25, 0.3) is 0 Å². The van der Waals surface area contributed by atoms with Crippen LogP contribution < -0.4 is 25.6 Å². The number of nitrogens with zero attached hydrogens (tertiary/aromatic N) is 8. The number of carbonyl (C=O) groups is 1. The SMILES string of the molecule is COc1ccc(CN(c2nc(Nc3cc(C#N)cc([C@]4(NC(=O)N5CCOCC5)CCNC[C@H]4O[Si](C)(C)C(C)(C)C)c3Cl)nn3c(C#N)cnc23)C2CC2)cc1. The van der Waals surface area contributed by atoms with E-state index in [4.69, 9.17) is 35.6 Å². The minimum Gasteiger partial charge on any atom is -0.497 e. The maximum absolute atomic E-state index is 14.2. The van der Waals surface area contributed by atoms with E-state index in [2.05, 4.69) is 71.8 Å². The van der Waals surface area contributed by atoms with Gasteiger partial charge < -0.3 is 39.6 Å². The Labute approximate surface area is 339 Å². The molecular formula is C40H50ClN11O4Si. The van der Waals surface area contributed by atoms with Crippen LogP contribution >= 0.6 is 11.6 Å². The summed E-state index contributed by atoms with van der Waals surface area (Å²) >= 11 is 7.49. The van der Waals surface area contributed by atoms with Crippen LogP contribution in [-0.2, 0) is 21.2 Å². The number of halogens is 1. The lowest BCUT2D eigenvalue weighted by Gasteiger charge is -2.50.